The molecule has 2 amide bonds. The summed E-state index contributed by atoms with van der Waals surface area (Å²) in [5, 5.41) is 17.1. The largest absolute Gasteiger partial charge is 0.398 e. The molecule has 0 saturated heterocycles. The number of amides is 2. The number of benzene rings is 2. The molecule has 0 radical (unpaired) electrons. The Kier molecular flexibility index (Phi) is 5.99. The number of anilines is 2. The Morgan fingerprint density at radius 3 is 2.62 bits per heavy atom. The van der Waals surface area contributed by atoms with E-state index in [-0.39, 0.29) is 17.7 Å². The fourth-order valence-corrected chi connectivity index (χ4v) is 2.08. The van der Waals surface area contributed by atoms with Crippen molar-refractivity contribution in [2.75, 3.05) is 11.1 Å². The molecule has 0 aliphatic carbocycles. The van der Waals surface area contributed by atoms with Gasteiger partial charge in [-0.05, 0) is 25.1 Å². The lowest BCUT2D eigenvalue weighted by atomic mass is 10.2. The first-order chi connectivity index (χ1) is 12.4. The number of carbonyl (C=O) groups is 2. The minimum atomic E-state index is -0.548. The number of hydrogen-bond donors (Lipinski definition) is 3. The molecule has 0 saturated carbocycles. The van der Waals surface area contributed by atoms with Crippen LogP contribution in [-0.4, -0.2) is 22.4 Å². The Labute approximate surface area is 149 Å². The molecule has 0 atom stereocenters. The first-order valence-electron chi connectivity index (χ1n) is 7.59. The lowest BCUT2D eigenvalue weighted by Crippen LogP contribution is -2.22. The number of nitro benzene ring substituents is 1. The van der Waals surface area contributed by atoms with Gasteiger partial charge in [0.25, 0.3) is 11.6 Å². The highest BCUT2D eigenvalue weighted by atomic mass is 16.6. The monoisotopic (exact) mass is 355 g/mol. The quantitative estimate of drug-likeness (QED) is 0.316. The van der Waals surface area contributed by atoms with Crippen molar-refractivity contribution in [2.24, 2.45) is 5.10 Å². The maximum atomic E-state index is 12.0. The van der Waals surface area contributed by atoms with Crippen LogP contribution in [0.1, 0.15) is 23.7 Å². The summed E-state index contributed by atoms with van der Waals surface area (Å²) in [7, 11) is 0. The average Bonchev–Trinajstić information content (AvgIpc) is 2.60. The smallest absolute Gasteiger partial charge is 0.273 e. The van der Waals surface area contributed by atoms with Gasteiger partial charge in [-0.15, -0.1) is 0 Å². The molecule has 0 unspecified atom stereocenters. The van der Waals surface area contributed by atoms with Gasteiger partial charge < -0.3 is 11.1 Å². The van der Waals surface area contributed by atoms with Crippen LogP contribution in [0, 0.1) is 10.1 Å². The van der Waals surface area contributed by atoms with Gasteiger partial charge in [0.05, 0.1) is 16.9 Å². The van der Waals surface area contributed by atoms with Crippen molar-refractivity contribution in [3.8, 4) is 0 Å². The third-order valence-electron chi connectivity index (χ3n) is 3.31. The van der Waals surface area contributed by atoms with Gasteiger partial charge in [0, 0.05) is 29.2 Å². The number of nitrogens with zero attached hydrogens (tertiary/aromatic N) is 2. The minimum absolute atomic E-state index is 0.0900. The van der Waals surface area contributed by atoms with Gasteiger partial charge in [0.15, 0.2) is 0 Å². The Morgan fingerprint density at radius 1 is 1.19 bits per heavy atom. The molecule has 0 aliphatic rings. The summed E-state index contributed by atoms with van der Waals surface area (Å²) in [6.45, 7) is 1.57. The lowest BCUT2D eigenvalue weighted by Gasteiger charge is -2.06. The van der Waals surface area contributed by atoms with Gasteiger partial charge in [-0.3, -0.25) is 19.7 Å². The number of nitrogen functional groups attached to an aromatic ring is 1. The first-order valence-corrected chi connectivity index (χ1v) is 7.59. The van der Waals surface area contributed by atoms with Crippen LogP contribution in [0.4, 0.5) is 17.1 Å². The molecular weight excluding hydrogens is 338 g/mol. The van der Waals surface area contributed by atoms with E-state index in [4.69, 9.17) is 5.73 Å². The van der Waals surface area contributed by atoms with Crippen molar-refractivity contribution in [3.05, 3.63) is 64.2 Å². The number of nitro groups is 1. The first kappa shape index (κ1) is 18.6. The predicted molar refractivity (Wildman–Crippen MR) is 97.8 cm³/mol. The molecule has 2 rings (SSSR count). The molecule has 134 valence electrons. The average molecular weight is 355 g/mol. The molecule has 0 aliphatic heterocycles. The molecule has 9 heteroatoms. The van der Waals surface area contributed by atoms with E-state index in [2.05, 4.69) is 15.8 Å². The van der Waals surface area contributed by atoms with E-state index in [1.807, 2.05) is 0 Å². The molecular formula is C17H17N5O4. The molecule has 26 heavy (non-hydrogen) atoms. The topological polar surface area (TPSA) is 140 Å². The van der Waals surface area contributed by atoms with Gasteiger partial charge in [0.1, 0.15) is 0 Å². The molecule has 0 bridgehead atoms. The van der Waals surface area contributed by atoms with Gasteiger partial charge in [-0.2, -0.15) is 5.10 Å². The van der Waals surface area contributed by atoms with Crippen molar-refractivity contribution >= 4 is 34.6 Å². The third-order valence-corrected chi connectivity index (χ3v) is 3.31. The molecule has 2 aromatic carbocycles. The van der Waals surface area contributed by atoms with Crippen LogP contribution in [0.15, 0.2) is 53.6 Å². The van der Waals surface area contributed by atoms with Gasteiger partial charge >= 0.3 is 0 Å². The summed E-state index contributed by atoms with van der Waals surface area (Å²) >= 11 is 0. The highest BCUT2D eigenvalue weighted by molar-refractivity contribution is 6.06. The summed E-state index contributed by atoms with van der Waals surface area (Å²) in [6.07, 6.45) is -0.0900. The minimum Gasteiger partial charge on any atom is -0.398 e. The molecule has 2 aromatic rings. The van der Waals surface area contributed by atoms with Crippen LogP contribution in [-0.2, 0) is 4.79 Å². The lowest BCUT2D eigenvalue weighted by molar-refractivity contribution is -0.384. The van der Waals surface area contributed by atoms with Crippen molar-refractivity contribution in [1.29, 1.82) is 0 Å². The zero-order valence-electron chi connectivity index (χ0n) is 13.9. The Balaban J connectivity index is 1.93. The maximum absolute atomic E-state index is 12.0. The molecule has 9 nitrogen and oxygen atoms in total. The number of nitrogens with two attached hydrogens (primary N) is 1. The van der Waals surface area contributed by atoms with Crippen molar-refractivity contribution in [1.82, 2.24) is 5.43 Å². The van der Waals surface area contributed by atoms with Crippen LogP contribution < -0.4 is 16.5 Å². The number of carbonyl (C=O) groups excluding carboxylic acids is 2. The van der Waals surface area contributed by atoms with E-state index in [1.54, 1.807) is 31.2 Å². The van der Waals surface area contributed by atoms with Crippen molar-refractivity contribution < 1.29 is 14.5 Å². The van der Waals surface area contributed by atoms with Crippen LogP contribution in [0.25, 0.3) is 0 Å². The summed E-state index contributed by atoms with van der Waals surface area (Å²) < 4.78 is 0. The normalized spacial score (nSPS) is 10.9. The maximum Gasteiger partial charge on any atom is 0.273 e. The predicted octanol–water partition coefficient (Wildman–Crippen LogP) is 2.31. The highest BCUT2D eigenvalue weighted by Gasteiger charge is 2.11. The molecule has 4 N–H and O–H groups in total. The number of nitrogens with one attached hydrogen (secondary N) is 2. The number of para-hydroxylation sites is 1. The SMILES string of the molecule is C/C(CC(=O)Nc1cccc([N+](=O)[O-])c1)=N\NC(=O)c1ccccc1N. The zero-order chi connectivity index (χ0) is 19.1. The van der Waals surface area contributed by atoms with E-state index in [1.165, 1.54) is 24.3 Å². The second-order valence-electron chi connectivity index (χ2n) is 5.41. The molecule has 0 fully saturated rings. The Hall–Kier alpha value is -3.75. The molecule has 0 heterocycles. The zero-order valence-corrected chi connectivity index (χ0v) is 13.9. The third kappa shape index (κ3) is 5.13. The Bertz CT molecular complexity index is 879. The van der Waals surface area contributed by atoms with Gasteiger partial charge in [-0.25, -0.2) is 5.43 Å². The number of rotatable bonds is 6. The fourth-order valence-electron chi connectivity index (χ4n) is 2.08. The molecule has 0 spiro atoms. The van der Waals surface area contributed by atoms with Crippen LogP contribution >= 0.6 is 0 Å². The molecule has 0 aromatic heterocycles. The standard InChI is InChI=1S/C17H17N5O4/c1-11(20-21-17(24)14-7-2-3-8-15(14)18)9-16(23)19-12-5-4-6-13(10-12)22(25)26/h2-8,10H,9,18H2,1H3,(H,19,23)(H,21,24)/b20-11+. The van der Waals surface area contributed by atoms with E-state index in [9.17, 15) is 19.7 Å². The number of hydrogen-bond acceptors (Lipinski definition) is 6. The highest BCUT2D eigenvalue weighted by Crippen LogP contribution is 2.17. The van der Waals surface area contributed by atoms with E-state index in [0.717, 1.165) is 0 Å². The summed E-state index contributed by atoms with van der Waals surface area (Å²) in [5.41, 5.74) is 9.18. The summed E-state index contributed by atoms with van der Waals surface area (Å²) in [5.74, 6) is -0.901. The van der Waals surface area contributed by atoms with Gasteiger partial charge in [0.2, 0.25) is 5.91 Å². The number of hydrazone groups is 1. The van der Waals surface area contributed by atoms with E-state index >= 15 is 0 Å². The van der Waals surface area contributed by atoms with Crippen LogP contribution in [0.2, 0.25) is 0 Å². The fraction of sp³-hybridized carbons (Fsp3) is 0.118. The van der Waals surface area contributed by atoms with Crippen molar-refractivity contribution in [3.63, 3.8) is 0 Å². The number of non-ortho nitro benzene ring substituents is 1. The Morgan fingerprint density at radius 2 is 1.92 bits per heavy atom. The van der Waals surface area contributed by atoms with Crippen LogP contribution in [0.5, 0.6) is 0 Å². The summed E-state index contributed by atoms with van der Waals surface area (Å²) in [4.78, 5) is 34.1. The van der Waals surface area contributed by atoms with Crippen LogP contribution in [0.3, 0.4) is 0 Å². The second-order valence-corrected chi connectivity index (χ2v) is 5.41. The second kappa shape index (κ2) is 8.38. The summed E-state index contributed by atoms with van der Waals surface area (Å²) in [6, 6.07) is 12.1. The van der Waals surface area contributed by atoms with E-state index < -0.39 is 16.7 Å². The van der Waals surface area contributed by atoms with Gasteiger partial charge in [-0.1, -0.05) is 18.2 Å². The van der Waals surface area contributed by atoms with Crippen molar-refractivity contribution in [2.45, 2.75) is 13.3 Å². The van der Waals surface area contributed by atoms with E-state index in [0.29, 0.717) is 17.1 Å².